The summed E-state index contributed by atoms with van der Waals surface area (Å²) in [5.74, 6) is -0.452. The number of likely N-dealkylation sites (tertiary alicyclic amines) is 1. The van der Waals surface area contributed by atoms with Crippen LogP contribution >= 0.6 is 0 Å². The second-order valence-electron chi connectivity index (χ2n) is 5.38. The maximum Gasteiger partial charge on any atom is 0.416 e. The second-order valence-corrected chi connectivity index (χ2v) is 5.38. The molecule has 1 aliphatic heterocycles. The highest BCUT2D eigenvalue weighted by atomic mass is 19.4. The number of hydrogen-bond donors (Lipinski definition) is 1. The number of carbonyl (C=O) groups is 1. The standard InChI is InChI=1S/C15H18F3NO2/c1-10(20)13-7-2-3-8-19(13)14(21)11-5-4-6-12(9-11)15(16,17)18/h4-6,9-10,13,20H,2-3,7-8H2,1H3/t10-,13+/m1/s1. The molecule has 1 N–H and O–H groups in total. The quantitative estimate of drug-likeness (QED) is 0.912. The maximum absolute atomic E-state index is 12.7. The Labute approximate surface area is 121 Å². The van der Waals surface area contributed by atoms with E-state index in [1.165, 1.54) is 17.0 Å². The fourth-order valence-electron chi connectivity index (χ4n) is 2.71. The monoisotopic (exact) mass is 301 g/mol. The summed E-state index contributed by atoms with van der Waals surface area (Å²) in [5, 5.41) is 9.75. The molecule has 0 aromatic heterocycles. The van der Waals surface area contributed by atoms with Crippen LogP contribution in [0.1, 0.15) is 42.1 Å². The van der Waals surface area contributed by atoms with E-state index in [9.17, 15) is 23.1 Å². The van der Waals surface area contributed by atoms with E-state index in [4.69, 9.17) is 0 Å². The van der Waals surface area contributed by atoms with Gasteiger partial charge in [0.05, 0.1) is 17.7 Å². The van der Waals surface area contributed by atoms with Crippen LogP contribution in [0.3, 0.4) is 0 Å². The van der Waals surface area contributed by atoms with E-state index in [0.29, 0.717) is 13.0 Å². The molecule has 1 amide bonds. The molecule has 3 nitrogen and oxygen atoms in total. The van der Waals surface area contributed by atoms with E-state index in [1.54, 1.807) is 6.92 Å². The van der Waals surface area contributed by atoms with Crippen molar-refractivity contribution in [1.82, 2.24) is 4.90 Å². The van der Waals surface area contributed by atoms with Crippen LogP contribution in [0.15, 0.2) is 24.3 Å². The summed E-state index contributed by atoms with van der Waals surface area (Å²) < 4.78 is 38.1. The van der Waals surface area contributed by atoms with Crippen LogP contribution in [-0.4, -0.2) is 34.6 Å². The number of amides is 1. The summed E-state index contributed by atoms with van der Waals surface area (Å²) in [6.07, 6.45) is -2.79. The third kappa shape index (κ3) is 3.56. The molecule has 6 heteroatoms. The molecular weight excluding hydrogens is 283 g/mol. The highest BCUT2D eigenvalue weighted by Gasteiger charge is 2.33. The Kier molecular flexibility index (Phi) is 4.56. The first-order valence-corrected chi connectivity index (χ1v) is 6.97. The van der Waals surface area contributed by atoms with Gasteiger partial charge in [-0.25, -0.2) is 0 Å². The Morgan fingerprint density at radius 2 is 2.10 bits per heavy atom. The summed E-state index contributed by atoms with van der Waals surface area (Å²) in [6, 6.07) is 4.10. The average molecular weight is 301 g/mol. The predicted octanol–water partition coefficient (Wildman–Crippen LogP) is 3.08. The molecule has 1 saturated heterocycles. The van der Waals surface area contributed by atoms with Crippen molar-refractivity contribution in [3.63, 3.8) is 0 Å². The van der Waals surface area contributed by atoms with Crippen molar-refractivity contribution in [1.29, 1.82) is 0 Å². The topological polar surface area (TPSA) is 40.5 Å². The molecule has 1 aromatic rings. The van der Waals surface area contributed by atoms with Crippen LogP contribution in [-0.2, 0) is 6.18 Å². The molecule has 1 heterocycles. The highest BCUT2D eigenvalue weighted by Crippen LogP contribution is 2.30. The number of rotatable bonds is 2. The van der Waals surface area contributed by atoms with Crippen molar-refractivity contribution in [3.8, 4) is 0 Å². The third-order valence-corrected chi connectivity index (χ3v) is 3.80. The van der Waals surface area contributed by atoms with Crippen LogP contribution < -0.4 is 0 Å². The Hall–Kier alpha value is -1.56. The number of hydrogen-bond acceptors (Lipinski definition) is 2. The number of nitrogens with zero attached hydrogens (tertiary/aromatic N) is 1. The number of aliphatic hydroxyl groups is 1. The van der Waals surface area contributed by atoms with Gasteiger partial charge in [-0.05, 0) is 44.4 Å². The molecule has 0 bridgehead atoms. The molecule has 0 radical (unpaired) electrons. The summed E-state index contributed by atoms with van der Waals surface area (Å²) in [6.45, 7) is 2.06. The van der Waals surface area contributed by atoms with E-state index in [1.807, 2.05) is 0 Å². The fourth-order valence-corrected chi connectivity index (χ4v) is 2.71. The van der Waals surface area contributed by atoms with Crippen molar-refractivity contribution in [2.75, 3.05) is 6.54 Å². The van der Waals surface area contributed by atoms with Gasteiger partial charge in [-0.3, -0.25) is 4.79 Å². The number of benzene rings is 1. The minimum atomic E-state index is -4.47. The first-order valence-electron chi connectivity index (χ1n) is 6.97. The molecule has 0 unspecified atom stereocenters. The van der Waals surface area contributed by atoms with Gasteiger partial charge in [0.2, 0.25) is 0 Å². The lowest BCUT2D eigenvalue weighted by Crippen LogP contribution is -2.48. The van der Waals surface area contributed by atoms with Gasteiger partial charge in [-0.2, -0.15) is 13.2 Å². The number of carbonyl (C=O) groups excluding carboxylic acids is 1. The molecule has 21 heavy (non-hydrogen) atoms. The lowest BCUT2D eigenvalue weighted by Gasteiger charge is -2.37. The smallest absolute Gasteiger partial charge is 0.391 e. The van der Waals surface area contributed by atoms with Gasteiger partial charge in [-0.1, -0.05) is 6.07 Å². The number of halogens is 3. The van der Waals surface area contributed by atoms with Crippen LogP contribution in [0.4, 0.5) is 13.2 Å². The van der Waals surface area contributed by atoms with E-state index >= 15 is 0 Å². The Bertz CT molecular complexity index is 514. The molecule has 1 aliphatic rings. The fraction of sp³-hybridized carbons (Fsp3) is 0.533. The summed E-state index contributed by atoms with van der Waals surface area (Å²) >= 11 is 0. The minimum absolute atomic E-state index is 0.0115. The van der Waals surface area contributed by atoms with Crippen LogP contribution in [0.25, 0.3) is 0 Å². The van der Waals surface area contributed by atoms with Gasteiger partial charge in [0, 0.05) is 12.1 Å². The molecule has 0 spiro atoms. The van der Waals surface area contributed by atoms with E-state index in [0.717, 1.165) is 25.0 Å². The van der Waals surface area contributed by atoms with Crippen molar-refractivity contribution >= 4 is 5.91 Å². The van der Waals surface area contributed by atoms with Crippen molar-refractivity contribution in [2.45, 2.75) is 44.5 Å². The van der Waals surface area contributed by atoms with Crippen LogP contribution in [0.2, 0.25) is 0 Å². The minimum Gasteiger partial charge on any atom is -0.391 e. The third-order valence-electron chi connectivity index (χ3n) is 3.80. The lowest BCUT2D eigenvalue weighted by molar-refractivity contribution is -0.137. The predicted molar refractivity (Wildman–Crippen MR) is 71.8 cm³/mol. The SMILES string of the molecule is C[C@@H](O)[C@@H]1CCCCN1C(=O)c1cccc(C(F)(F)F)c1. The summed E-state index contributed by atoms with van der Waals surface area (Å²) in [5.41, 5.74) is -0.823. The molecular formula is C15H18F3NO2. The number of piperidine rings is 1. The van der Waals surface area contributed by atoms with E-state index < -0.39 is 23.8 Å². The largest absolute Gasteiger partial charge is 0.416 e. The van der Waals surface area contributed by atoms with Gasteiger partial charge in [0.25, 0.3) is 5.91 Å². The Morgan fingerprint density at radius 3 is 2.71 bits per heavy atom. The maximum atomic E-state index is 12.7. The normalized spacial score (nSPS) is 21.2. The van der Waals surface area contributed by atoms with Gasteiger partial charge in [0.15, 0.2) is 0 Å². The Morgan fingerprint density at radius 1 is 1.38 bits per heavy atom. The molecule has 0 saturated carbocycles. The number of alkyl halides is 3. The average Bonchev–Trinajstić information content (AvgIpc) is 2.45. The number of aliphatic hydroxyl groups excluding tert-OH is 1. The molecule has 1 fully saturated rings. The highest BCUT2D eigenvalue weighted by molar-refractivity contribution is 5.94. The van der Waals surface area contributed by atoms with E-state index in [2.05, 4.69) is 0 Å². The lowest BCUT2D eigenvalue weighted by atomic mass is 9.97. The van der Waals surface area contributed by atoms with E-state index in [-0.39, 0.29) is 11.6 Å². The Balaban J connectivity index is 2.26. The molecule has 2 atom stereocenters. The molecule has 0 aliphatic carbocycles. The zero-order valence-electron chi connectivity index (χ0n) is 11.7. The van der Waals surface area contributed by atoms with Gasteiger partial charge >= 0.3 is 6.18 Å². The molecule has 116 valence electrons. The summed E-state index contributed by atoms with van der Waals surface area (Å²) in [7, 11) is 0. The van der Waals surface area contributed by atoms with Crippen molar-refractivity contribution in [2.24, 2.45) is 0 Å². The van der Waals surface area contributed by atoms with Crippen LogP contribution in [0, 0.1) is 0 Å². The summed E-state index contributed by atoms with van der Waals surface area (Å²) in [4.78, 5) is 13.9. The first-order chi connectivity index (χ1) is 9.80. The van der Waals surface area contributed by atoms with Crippen molar-refractivity contribution in [3.05, 3.63) is 35.4 Å². The van der Waals surface area contributed by atoms with Gasteiger partial charge < -0.3 is 10.0 Å². The molecule has 2 rings (SSSR count). The zero-order valence-corrected chi connectivity index (χ0v) is 11.7. The van der Waals surface area contributed by atoms with Crippen molar-refractivity contribution < 1.29 is 23.1 Å². The molecule has 1 aromatic carbocycles. The van der Waals surface area contributed by atoms with Crippen LogP contribution in [0.5, 0.6) is 0 Å². The first kappa shape index (κ1) is 15.8. The van der Waals surface area contributed by atoms with Gasteiger partial charge in [0.1, 0.15) is 0 Å². The van der Waals surface area contributed by atoms with Gasteiger partial charge in [-0.15, -0.1) is 0 Å². The second kappa shape index (κ2) is 6.05. The zero-order chi connectivity index (χ0) is 15.6.